The van der Waals surface area contributed by atoms with Gasteiger partial charge in [-0.3, -0.25) is 9.97 Å². The predicted molar refractivity (Wildman–Crippen MR) is 69.2 cm³/mol. The monoisotopic (exact) mass is 240 g/mol. The topological polar surface area (TPSA) is 46.0 Å². The molecular weight excluding hydrogens is 224 g/mol. The molecule has 3 rings (SSSR count). The van der Waals surface area contributed by atoms with Crippen molar-refractivity contribution in [1.29, 1.82) is 0 Å². The Labute approximate surface area is 107 Å². The fraction of sp³-hybridized carbons (Fsp3) is 0.333. The molecule has 0 saturated heterocycles. The first-order valence-corrected chi connectivity index (χ1v) is 6.30. The summed E-state index contributed by atoms with van der Waals surface area (Å²) in [5.41, 5.74) is 4.11. The summed E-state index contributed by atoms with van der Waals surface area (Å²) in [5.74, 6) is 0.0785. The molecule has 18 heavy (non-hydrogen) atoms. The van der Waals surface area contributed by atoms with Crippen molar-refractivity contribution in [3.8, 4) is 0 Å². The number of nitrogens with zero attached hydrogens (tertiary/aromatic N) is 2. The number of aliphatic hydroxyl groups excluding tert-OH is 1. The largest absolute Gasteiger partial charge is 0.386 e. The molecule has 0 spiro atoms. The zero-order chi connectivity index (χ0) is 12.5. The standard InChI is InChI=1S/C15H16N2O/c1-10-4-2-8-16-13(10)15(18)12-7-6-11-5-3-9-17-14(11)12/h2-5,8-9,12,15,18H,6-7H2,1H3. The quantitative estimate of drug-likeness (QED) is 0.877. The Bertz CT molecular complexity index is 568. The highest BCUT2D eigenvalue weighted by Crippen LogP contribution is 2.40. The highest BCUT2D eigenvalue weighted by molar-refractivity contribution is 5.32. The lowest BCUT2D eigenvalue weighted by atomic mass is 9.94. The molecule has 0 bridgehead atoms. The van der Waals surface area contributed by atoms with Gasteiger partial charge >= 0.3 is 0 Å². The molecule has 0 saturated carbocycles. The van der Waals surface area contributed by atoms with E-state index in [1.807, 2.05) is 25.1 Å². The molecule has 0 radical (unpaired) electrons. The number of hydrogen-bond donors (Lipinski definition) is 1. The van der Waals surface area contributed by atoms with Crippen molar-refractivity contribution in [3.63, 3.8) is 0 Å². The van der Waals surface area contributed by atoms with E-state index in [2.05, 4.69) is 16.0 Å². The van der Waals surface area contributed by atoms with Crippen LogP contribution in [0.1, 0.15) is 41.0 Å². The van der Waals surface area contributed by atoms with Crippen LogP contribution in [0.4, 0.5) is 0 Å². The number of fused-ring (bicyclic) bond motifs is 1. The van der Waals surface area contributed by atoms with Gasteiger partial charge < -0.3 is 5.11 Å². The van der Waals surface area contributed by atoms with Gasteiger partial charge in [-0.1, -0.05) is 12.1 Å². The average molecular weight is 240 g/mol. The van der Waals surface area contributed by atoms with Crippen molar-refractivity contribution in [1.82, 2.24) is 9.97 Å². The van der Waals surface area contributed by atoms with Crippen molar-refractivity contribution < 1.29 is 5.11 Å². The minimum Gasteiger partial charge on any atom is -0.386 e. The maximum atomic E-state index is 10.5. The molecule has 2 unspecified atom stereocenters. The third-order valence-electron chi connectivity index (χ3n) is 3.71. The number of aromatic nitrogens is 2. The highest BCUT2D eigenvalue weighted by Gasteiger charge is 2.31. The van der Waals surface area contributed by atoms with E-state index in [4.69, 9.17) is 0 Å². The van der Waals surface area contributed by atoms with Crippen molar-refractivity contribution >= 4 is 0 Å². The molecule has 0 amide bonds. The van der Waals surface area contributed by atoms with Gasteiger partial charge in [0.1, 0.15) is 6.10 Å². The smallest absolute Gasteiger partial charge is 0.105 e. The minimum absolute atomic E-state index is 0.0785. The van der Waals surface area contributed by atoms with E-state index < -0.39 is 6.10 Å². The Morgan fingerprint density at radius 2 is 2.00 bits per heavy atom. The molecule has 1 aliphatic rings. The molecule has 0 aromatic carbocycles. The van der Waals surface area contributed by atoms with Crippen LogP contribution in [0.2, 0.25) is 0 Å². The Morgan fingerprint density at radius 1 is 1.22 bits per heavy atom. The zero-order valence-corrected chi connectivity index (χ0v) is 10.4. The summed E-state index contributed by atoms with van der Waals surface area (Å²) in [7, 11) is 0. The lowest BCUT2D eigenvalue weighted by Crippen LogP contribution is -2.12. The maximum Gasteiger partial charge on any atom is 0.105 e. The van der Waals surface area contributed by atoms with Crippen LogP contribution in [0.15, 0.2) is 36.7 Å². The number of aliphatic hydroxyl groups is 1. The van der Waals surface area contributed by atoms with Gasteiger partial charge in [0, 0.05) is 24.0 Å². The number of aryl methyl sites for hydroxylation is 2. The lowest BCUT2D eigenvalue weighted by Gasteiger charge is -2.19. The van der Waals surface area contributed by atoms with Crippen LogP contribution in [0, 0.1) is 6.92 Å². The second-order valence-corrected chi connectivity index (χ2v) is 4.84. The van der Waals surface area contributed by atoms with Gasteiger partial charge in [0.25, 0.3) is 0 Å². The number of rotatable bonds is 2. The van der Waals surface area contributed by atoms with Crippen LogP contribution in [-0.2, 0) is 6.42 Å². The van der Waals surface area contributed by atoms with E-state index in [1.165, 1.54) is 5.56 Å². The number of pyridine rings is 2. The van der Waals surface area contributed by atoms with Crippen molar-refractivity contribution in [2.45, 2.75) is 31.8 Å². The first-order chi connectivity index (χ1) is 8.77. The third kappa shape index (κ3) is 1.81. The minimum atomic E-state index is -0.553. The second-order valence-electron chi connectivity index (χ2n) is 4.84. The molecule has 92 valence electrons. The zero-order valence-electron chi connectivity index (χ0n) is 10.4. The third-order valence-corrected chi connectivity index (χ3v) is 3.71. The molecular formula is C15H16N2O. The molecule has 1 N–H and O–H groups in total. The first kappa shape index (κ1) is 11.4. The van der Waals surface area contributed by atoms with Crippen LogP contribution in [0.3, 0.4) is 0 Å². The first-order valence-electron chi connectivity index (χ1n) is 6.30. The van der Waals surface area contributed by atoms with Crippen LogP contribution < -0.4 is 0 Å². The van der Waals surface area contributed by atoms with E-state index in [0.717, 1.165) is 29.8 Å². The van der Waals surface area contributed by atoms with Crippen molar-refractivity contribution in [2.24, 2.45) is 0 Å². The molecule has 2 atom stereocenters. The number of hydrogen-bond acceptors (Lipinski definition) is 3. The summed E-state index contributed by atoms with van der Waals surface area (Å²) in [6, 6.07) is 7.94. The molecule has 0 fully saturated rings. The lowest BCUT2D eigenvalue weighted by molar-refractivity contribution is 0.138. The molecule has 2 aromatic heterocycles. The summed E-state index contributed by atoms with van der Waals surface area (Å²) in [4.78, 5) is 8.75. The summed E-state index contributed by atoms with van der Waals surface area (Å²) in [6.45, 7) is 1.99. The normalized spacial score (nSPS) is 19.6. The van der Waals surface area contributed by atoms with Crippen LogP contribution in [0.25, 0.3) is 0 Å². The van der Waals surface area contributed by atoms with Crippen LogP contribution >= 0.6 is 0 Å². The van der Waals surface area contributed by atoms with Crippen LogP contribution in [0.5, 0.6) is 0 Å². The Balaban J connectivity index is 1.96. The second kappa shape index (κ2) is 4.50. The van der Waals surface area contributed by atoms with Gasteiger partial charge in [-0.25, -0.2) is 0 Å². The maximum absolute atomic E-state index is 10.5. The van der Waals surface area contributed by atoms with E-state index >= 15 is 0 Å². The fourth-order valence-corrected chi connectivity index (χ4v) is 2.75. The van der Waals surface area contributed by atoms with Gasteiger partial charge in [0.15, 0.2) is 0 Å². The molecule has 3 heteroatoms. The van der Waals surface area contributed by atoms with Crippen LogP contribution in [-0.4, -0.2) is 15.1 Å². The highest BCUT2D eigenvalue weighted by atomic mass is 16.3. The van der Waals surface area contributed by atoms with Gasteiger partial charge in [-0.05, 0) is 43.0 Å². The van der Waals surface area contributed by atoms with Crippen molar-refractivity contribution in [3.05, 3.63) is 59.2 Å². The summed E-state index contributed by atoms with van der Waals surface area (Å²) in [6.07, 6.45) is 4.93. The molecule has 2 aromatic rings. The average Bonchev–Trinajstić information content (AvgIpc) is 2.82. The van der Waals surface area contributed by atoms with Gasteiger partial charge in [0.2, 0.25) is 0 Å². The predicted octanol–water partition coefficient (Wildman–Crippen LogP) is 2.55. The molecule has 2 heterocycles. The Morgan fingerprint density at radius 3 is 2.83 bits per heavy atom. The molecule has 3 nitrogen and oxygen atoms in total. The van der Waals surface area contributed by atoms with E-state index in [1.54, 1.807) is 12.4 Å². The van der Waals surface area contributed by atoms with E-state index in [-0.39, 0.29) is 5.92 Å². The summed E-state index contributed by atoms with van der Waals surface area (Å²) in [5, 5.41) is 10.5. The van der Waals surface area contributed by atoms with Crippen molar-refractivity contribution in [2.75, 3.05) is 0 Å². The van der Waals surface area contributed by atoms with Gasteiger partial charge in [-0.2, -0.15) is 0 Å². The molecule has 1 aliphatic carbocycles. The molecule has 0 aliphatic heterocycles. The Hall–Kier alpha value is -1.74. The van der Waals surface area contributed by atoms with Gasteiger partial charge in [0.05, 0.1) is 5.69 Å². The SMILES string of the molecule is Cc1cccnc1C(O)C1CCc2cccnc21. The summed E-state index contributed by atoms with van der Waals surface area (Å²) < 4.78 is 0. The summed E-state index contributed by atoms with van der Waals surface area (Å²) >= 11 is 0. The van der Waals surface area contributed by atoms with E-state index in [9.17, 15) is 5.11 Å². The van der Waals surface area contributed by atoms with E-state index in [0.29, 0.717) is 0 Å². The fourth-order valence-electron chi connectivity index (χ4n) is 2.75. The van der Waals surface area contributed by atoms with Gasteiger partial charge in [-0.15, -0.1) is 0 Å². The Kier molecular flexibility index (Phi) is 2.84.